The summed E-state index contributed by atoms with van der Waals surface area (Å²) in [6.45, 7) is 2.44. The topological polar surface area (TPSA) is 70.7 Å². The van der Waals surface area contributed by atoms with Gasteiger partial charge in [0.15, 0.2) is 5.11 Å². The molecule has 0 aromatic heterocycles. The number of carbonyl (C=O) groups excluding carboxylic acids is 2. The van der Waals surface area contributed by atoms with Crippen LogP contribution in [0.2, 0.25) is 0 Å². The van der Waals surface area contributed by atoms with Crippen LogP contribution >= 0.6 is 28.1 Å². The SMILES string of the molecule is CCOc1ccc(C(=O)NC(=S)Nc2ccc(CCC(=O)N(C)C)cc2)cc1Br. The van der Waals surface area contributed by atoms with Gasteiger partial charge in [-0.1, -0.05) is 12.1 Å². The summed E-state index contributed by atoms with van der Waals surface area (Å²) in [5.74, 6) is 0.458. The number of nitrogens with one attached hydrogen (secondary N) is 2. The molecule has 0 radical (unpaired) electrons. The molecular weight excluding hydrogens is 454 g/mol. The van der Waals surface area contributed by atoms with Crippen molar-refractivity contribution in [2.75, 3.05) is 26.0 Å². The monoisotopic (exact) mass is 477 g/mol. The van der Waals surface area contributed by atoms with E-state index in [9.17, 15) is 9.59 Å². The van der Waals surface area contributed by atoms with Crippen LogP contribution in [0.1, 0.15) is 29.3 Å². The summed E-state index contributed by atoms with van der Waals surface area (Å²) in [4.78, 5) is 25.6. The van der Waals surface area contributed by atoms with Gasteiger partial charge >= 0.3 is 0 Å². The molecule has 0 saturated carbocycles. The van der Waals surface area contributed by atoms with E-state index >= 15 is 0 Å². The maximum Gasteiger partial charge on any atom is 0.257 e. The molecule has 0 unspecified atom stereocenters. The molecule has 0 aliphatic carbocycles. The molecule has 0 bridgehead atoms. The lowest BCUT2D eigenvalue weighted by molar-refractivity contribution is -0.128. The highest BCUT2D eigenvalue weighted by Crippen LogP contribution is 2.26. The summed E-state index contributed by atoms with van der Waals surface area (Å²) in [6, 6.07) is 12.7. The van der Waals surface area contributed by atoms with Crippen molar-refractivity contribution in [1.82, 2.24) is 10.2 Å². The van der Waals surface area contributed by atoms with Crippen molar-refractivity contribution < 1.29 is 14.3 Å². The van der Waals surface area contributed by atoms with E-state index in [0.29, 0.717) is 35.2 Å². The number of ether oxygens (including phenoxy) is 1. The van der Waals surface area contributed by atoms with Crippen LogP contribution in [0.15, 0.2) is 46.9 Å². The molecule has 2 rings (SSSR count). The molecule has 0 heterocycles. The smallest absolute Gasteiger partial charge is 0.257 e. The van der Waals surface area contributed by atoms with Crippen molar-refractivity contribution >= 4 is 50.8 Å². The minimum Gasteiger partial charge on any atom is -0.493 e. The first-order valence-electron chi connectivity index (χ1n) is 9.14. The predicted molar refractivity (Wildman–Crippen MR) is 122 cm³/mol. The lowest BCUT2D eigenvalue weighted by atomic mass is 10.1. The quantitative estimate of drug-likeness (QED) is 0.589. The van der Waals surface area contributed by atoms with E-state index in [1.54, 1.807) is 37.2 Å². The fourth-order valence-electron chi connectivity index (χ4n) is 2.48. The molecule has 6 nitrogen and oxygen atoms in total. The Bertz CT molecular complexity index is 885. The molecule has 2 amide bonds. The third-order valence-electron chi connectivity index (χ3n) is 4.06. The molecule has 0 spiro atoms. The van der Waals surface area contributed by atoms with Gasteiger partial charge in [0.1, 0.15) is 5.75 Å². The lowest BCUT2D eigenvalue weighted by Gasteiger charge is -2.12. The zero-order valence-electron chi connectivity index (χ0n) is 16.6. The average molecular weight is 478 g/mol. The largest absolute Gasteiger partial charge is 0.493 e. The van der Waals surface area contributed by atoms with E-state index in [2.05, 4.69) is 26.6 Å². The van der Waals surface area contributed by atoms with Gasteiger partial charge in [-0.2, -0.15) is 0 Å². The third-order valence-corrected chi connectivity index (χ3v) is 4.88. The van der Waals surface area contributed by atoms with E-state index in [1.807, 2.05) is 31.2 Å². The Morgan fingerprint density at radius 3 is 2.41 bits per heavy atom. The Labute approximate surface area is 184 Å². The van der Waals surface area contributed by atoms with E-state index in [1.165, 1.54) is 0 Å². The highest BCUT2D eigenvalue weighted by atomic mass is 79.9. The molecule has 8 heteroatoms. The predicted octanol–water partition coefficient (Wildman–Crippen LogP) is 4.00. The van der Waals surface area contributed by atoms with Crippen LogP contribution in [0.4, 0.5) is 5.69 Å². The van der Waals surface area contributed by atoms with Crippen LogP contribution < -0.4 is 15.4 Å². The van der Waals surface area contributed by atoms with Gasteiger partial charge in [-0.25, -0.2) is 0 Å². The van der Waals surface area contributed by atoms with Crippen LogP contribution in [0.25, 0.3) is 0 Å². The molecular formula is C21H24BrN3O3S. The van der Waals surface area contributed by atoms with Gasteiger partial charge in [0.05, 0.1) is 11.1 Å². The summed E-state index contributed by atoms with van der Waals surface area (Å²) in [7, 11) is 3.49. The Hall–Kier alpha value is -2.45. The van der Waals surface area contributed by atoms with Gasteiger partial charge in [-0.15, -0.1) is 0 Å². The fourth-order valence-corrected chi connectivity index (χ4v) is 3.19. The highest BCUT2D eigenvalue weighted by Gasteiger charge is 2.11. The van der Waals surface area contributed by atoms with Gasteiger partial charge in [0.2, 0.25) is 5.91 Å². The van der Waals surface area contributed by atoms with E-state index < -0.39 is 0 Å². The van der Waals surface area contributed by atoms with Gasteiger partial charge in [-0.3, -0.25) is 14.9 Å². The summed E-state index contributed by atoms with van der Waals surface area (Å²) < 4.78 is 6.15. The normalized spacial score (nSPS) is 10.2. The first-order chi connectivity index (χ1) is 13.8. The average Bonchev–Trinajstić information content (AvgIpc) is 2.68. The number of anilines is 1. The van der Waals surface area contributed by atoms with E-state index in [-0.39, 0.29) is 16.9 Å². The molecule has 2 aromatic rings. The molecule has 0 atom stereocenters. The zero-order valence-corrected chi connectivity index (χ0v) is 19.0. The Kier molecular flexibility index (Phi) is 8.60. The summed E-state index contributed by atoms with van der Waals surface area (Å²) in [5.41, 5.74) is 2.27. The Balaban J connectivity index is 1.89. The highest BCUT2D eigenvalue weighted by molar-refractivity contribution is 9.10. The minimum atomic E-state index is -0.315. The first-order valence-corrected chi connectivity index (χ1v) is 10.3. The molecule has 0 fully saturated rings. The number of halogens is 1. The lowest BCUT2D eigenvalue weighted by Crippen LogP contribution is -2.34. The van der Waals surface area contributed by atoms with Gasteiger partial charge in [0, 0.05) is 31.8 Å². The number of carbonyl (C=O) groups is 2. The van der Waals surface area contributed by atoms with E-state index in [4.69, 9.17) is 17.0 Å². The molecule has 0 aliphatic rings. The van der Waals surface area contributed by atoms with Crippen molar-refractivity contribution in [3.05, 3.63) is 58.1 Å². The van der Waals surface area contributed by atoms with Gasteiger partial charge in [-0.05, 0) is 77.4 Å². The zero-order chi connectivity index (χ0) is 21.4. The maximum absolute atomic E-state index is 12.4. The molecule has 29 heavy (non-hydrogen) atoms. The van der Waals surface area contributed by atoms with Crippen LogP contribution in [0.3, 0.4) is 0 Å². The van der Waals surface area contributed by atoms with Crippen molar-refractivity contribution in [1.29, 1.82) is 0 Å². The molecule has 0 aliphatic heterocycles. The van der Waals surface area contributed by atoms with Crippen molar-refractivity contribution in [2.24, 2.45) is 0 Å². The number of aryl methyl sites for hydroxylation is 1. The fraction of sp³-hybridized carbons (Fsp3) is 0.286. The molecule has 154 valence electrons. The van der Waals surface area contributed by atoms with Crippen molar-refractivity contribution in [3.63, 3.8) is 0 Å². The maximum atomic E-state index is 12.4. The molecule has 2 aromatic carbocycles. The Morgan fingerprint density at radius 1 is 1.14 bits per heavy atom. The molecule has 2 N–H and O–H groups in total. The summed E-state index contributed by atoms with van der Waals surface area (Å²) in [5, 5.41) is 5.85. The number of nitrogens with zero attached hydrogens (tertiary/aromatic N) is 1. The number of benzene rings is 2. The van der Waals surface area contributed by atoms with Crippen molar-refractivity contribution in [3.8, 4) is 5.75 Å². The van der Waals surface area contributed by atoms with Crippen molar-refractivity contribution in [2.45, 2.75) is 19.8 Å². The number of hydrogen-bond donors (Lipinski definition) is 2. The summed E-state index contributed by atoms with van der Waals surface area (Å²) >= 11 is 8.63. The standard InChI is InChI=1S/C21H24BrN3O3S/c1-4-28-18-11-8-15(13-17(18)22)20(27)24-21(29)23-16-9-5-14(6-10-16)7-12-19(26)25(2)3/h5-6,8-11,13H,4,7,12H2,1-3H3,(H2,23,24,27,29). The van der Waals surface area contributed by atoms with Crippen LogP contribution in [0.5, 0.6) is 5.75 Å². The van der Waals surface area contributed by atoms with Crippen LogP contribution in [-0.2, 0) is 11.2 Å². The van der Waals surface area contributed by atoms with Gasteiger partial charge < -0.3 is 15.0 Å². The number of thiocarbonyl (C=S) groups is 1. The number of amides is 2. The Morgan fingerprint density at radius 2 is 1.83 bits per heavy atom. The van der Waals surface area contributed by atoms with Crippen LogP contribution in [0, 0.1) is 0 Å². The minimum absolute atomic E-state index is 0.0945. The summed E-state index contributed by atoms with van der Waals surface area (Å²) in [6.07, 6.45) is 1.14. The second-order valence-corrected chi connectivity index (χ2v) is 7.73. The second kappa shape index (κ2) is 10.9. The van der Waals surface area contributed by atoms with E-state index in [0.717, 1.165) is 11.3 Å². The number of rotatable bonds is 7. The third kappa shape index (κ3) is 7.14. The van der Waals surface area contributed by atoms with Crippen LogP contribution in [-0.4, -0.2) is 42.5 Å². The van der Waals surface area contributed by atoms with Gasteiger partial charge in [0.25, 0.3) is 5.91 Å². The number of hydrogen-bond acceptors (Lipinski definition) is 4. The second-order valence-electron chi connectivity index (χ2n) is 6.47. The molecule has 0 saturated heterocycles. The first kappa shape index (κ1) is 22.8.